The molecule has 0 heterocycles. The van der Waals surface area contributed by atoms with Gasteiger partial charge in [0, 0.05) is 29.5 Å². The van der Waals surface area contributed by atoms with Crippen LogP contribution in [0.3, 0.4) is 0 Å². The molecule has 0 bridgehead atoms. The maximum atomic E-state index is 6.10. The summed E-state index contributed by atoms with van der Waals surface area (Å²) in [4.78, 5) is 0. The molecule has 0 aliphatic heterocycles. The van der Waals surface area contributed by atoms with Crippen molar-refractivity contribution in [3.8, 4) is 0 Å². The Hall–Kier alpha value is -0.890. The molecule has 0 fully saturated rings. The number of anilines is 2. The third kappa shape index (κ3) is 2.55. The third-order valence-electron chi connectivity index (χ3n) is 2.08. The van der Waals surface area contributed by atoms with Crippen LogP contribution in [-0.4, -0.2) is 13.1 Å². The second-order valence-corrected chi connectivity index (χ2v) is 4.09. The van der Waals surface area contributed by atoms with Crippen LogP contribution in [0.25, 0.3) is 0 Å². The summed E-state index contributed by atoms with van der Waals surface area (Å²) < 4.78 is 0. The molecule has 0 radical (unpaired) electrons. The number of benzene rings is 1. The lowest BCUT2D eigenvalue weighted by Crippen LogP contribution is -2.11. The predicted octanol–water partition coefficient (Wildman–Crippen LogP) is 3.51. The van der Waals surface area contributed by atoms with Crippen LogP contribution in [0.2, 0.25) is 5.02 Å². The van der Waals surface area contributed by atoms with E-state index in [9.17, 15) is 0 Å². The van der Waals surface area contributed by atoms with E-state index in [1.54, 1.807) is 0 Å². The first-order valence-electron chi connectivity index (χ1n) is 4.79. The molecule has 0 saturated heterocycles. The quantitative estimate of drug-likeness (QED) is 0.802. The molecule has 3 heteroatoms. The molecule has 14 heavy (non-hydrogen) atoms. The van der Waals surface area contributed by atoms with Crippen molar-refractivity contribution >= 4 is 23.0 Å². The highest BCUT2D eigenvalue weighted by molar-refractivity contribution is 6.32. The van der Waals surface area contributed by atoms with Crippen molar-refractivity contribution in [2.24, 2.45) is 0 Å². The summed E-state index contributed by atoms with van der Waals surface area (Å²) >= 11 is 6.10. The van der Waals surface area contributed by atoms with Crippen LogP contribution < -0.4 is 10.6 Å². The van der Waals surface area contributed by atoms with E-state index in [1.165, 1.54) is 0 Å². The number of hydrogen-bond donors (Lipinski definition) is 2. The first-order valence-corrected chi connectivity index (χ1v) is 5.17. The summed E-state index contributed by atoms with van der Waals surface area (Å²) in [6.45, 7) is 6.24. The Morgan fingerprint density at radius 1 is 1.29 bits per heavy atom. The van der Waals surface area contributed by atoms with Gasteiger partial charge in [0.2, 0.25) is 0 Å². The first-order chi connectivity index (χ1) is 6.54. The summed E-state index contributed by atoms with van der Waals surface area (Å²) in [5.41, 5.74) is 3.22. The standard InChI is InChI=1S/C11H17ClN2/c1-7(2)14-11-6-9(13-4)5-10(12)8(11)3/h5-7,13-14H,1-4H3. The van der Waals surface area contributed by atoms with E-state index in [2.05, 4.69) is 30.5 Å². The maximum absolute atomic E-state index is 6.10. The van der Waals surface area contributed by atoms with Gasteiger partial charge in [0.25, 0.3) is 0 Å². The van der Waals surface area contributed by atoms with E-state index in [1.807, 2.05) is 20.0 Å². The van der Waals surface area contributed by atoms with Gasteiger partial charge in [-0.1, -0.05) is 11.6 Å². The minimum atomic E-state index is 0.414. The first kappa shape index (κ1) is 11.2. The van der Waals surface area contributed by atoms with Gasteiger partial charge in [0.1, 0.15) is 0 Å². The zero-order chi connectivity index (χ0) is 10.7. The molecule has 0 aromatic heterocycles. The summed E-state index contributed by atoms with van der Waals surface area (Å²) in [5.74, 6) is 0. The van der Waals surface area contributed by atoms with Crippen molar-refractivity contribution in [3.63, 3.8) is 0 Å². The zero-order valence-electron chi connectivity index (χ0n) is 9.11. The van der Waals surface area contributed by atoms with Gasteiger partial charge in [-0.15, -0.1) is 0 Å². The average Bonchev–Trinajstić information content (AvgIpc) is 2.11. The molecule has 1 rings (SSSR count). The van der Waals surface area contributed by atoms with Crippen LogP contribution in [0.15, 0.2) is 12.1 Å². The molecular formula is C11H17ClN2. The molecule has 0 amide bonds. The van der Waals surface area contributed by atoms with Gasteiger partial charge in [-0.3, -0.25) is 0 Å². The van der Waals surface area contributed by atoms with Gasteiger partial charge < -0.3 is 10.6 Å². The highest BCUT2D eigenvalue weighted by Gasteiger charge is 2.05. The van der Waals surface area contributed by atoms with E-state index in [0.29, 0.717) is 6.04 Å². The highest BCUT2D eigenvalue weighted by Crippen LogP contribution is 2.28. The number of rotatable bonds is 3. The Morgan fingerprint density at radius 2 is 1.93 bits per heavy atom. The molecule has 0 aliphatic rings. The molecule has 0 aliphatic carbocycles. The van der Waals surface area contributed by atoms with Gasteiger partial charge in [0.15, 0.2) is 0 Å². The van der Waals surface area contributed by atoms with E-state index >= 15 is 0 Å². The molecule has 2 N–H and O–H groups in total. The summed E-state index contributed by atoms with van der Waals surface area (Å²) in [6.07, 6.45) is 0. The van der Waals surface area contributed by atoms with Crippen molar-refractivity contribution < 1.29 is 0 Å². The minimum absolute atomic E-state index is 0.414. The van der Waals surface area contributed by atoms with Crippen LogP contribution in [0.5, 0.6) is 0 Å². The van der Waals surface area contributed by atoms with Crippen LogP contribution >= 0.6 is 11.6 Å². The molecule has 0 atom stereocenters. The fraction of sp³-hybridized carbons (Fsp3) is 0.455. The largest absolute Gasteiger partial charge is 0.388 e. The van der Waals surface area contributed by atoms with Gasteiger partial charge in [-0.05, 0) is 38.5 Å². The average molecular weight is 213 g/mol. The molecule has 78 valence electrons. The third-order valence-corrected chi connectivity index (χ3v) is 2.47. The van der Waals surface area contributed by atoms with E-state index in [-0.39, 0.29) is 0 Å². The maximum Gasteiger partial charge on any atom is 0.0476 e. The fourth-order valence-corrected chi connectivity index (χ4v) is 1.50. The zero-order valence-corrected chi connectivity index (χ0v) is 9.87. The van der Waals surface area contributed by atoms with Gasteiger partial charge in [-0.25, -0.2) is 0 Å². The lowest BCUT2D eigenvalue weighted by Gasteiger charge is -2.15. The Balaban J connectivity index is 3.07. The van der Waals surface area contributed by atoms with Gasteiger partial charge in [-0.2, -0.15) is 0 Å². The number of halogens is 1. The van der Waals surface area contributed by atoms with Gasteiger partial charge >= 0.3 is 0 Å². The molecule has 0 unspecified atom stereocenters. The fourth-order valence-electron chi connectivity index (χ4n) is 1.28. The van der Waals surface area contributed by atoms with Crippen LogP contribution in [0.4, 0.5) is 11.4 Å². The Morgan fingerprint density at radius 3 is 2.43 bits per heavy atom. The van der Waals surface area contributed by atoms with Crippen molar-refractivity contribution in [2.75, 3.05) is 17.7 Å². The second-order valence-electron chi connectivity index (χ2n) is 3.68. The van der Waals surface area contributed by atoms with Crippen molar-refractivity contribution in [2.45, 2.75) is 26.8 Å². The predicted molar refractivity (Wildman–Crippen MR) is 64.5 cm³/mol. The van der Waals surface area contributed by atoms with E-state index in [4.69, 9.17) is 11.6 Å². The van der Waals surface area contributed by atoms with Crippen LogP contribution in [0, 0.1) is 6.92 Å². The molecule has 0 saturated carbocycles. The topological polar surface area (TPSA) is 24.1 Å². The Bertz CT molecular complexity index is 321. The second kappa shape index (κ2) is 4.56. The summed E-state index contributed by atoms with van der Waals surface area (Å²) in [7, 11) is 1.89. The van der Waals surface area contributed by atoms with Crippen molar-refractivity contribution in [3.05, 3.63) is 22.7 Å². The molecule has 0 spiro atoms. The lowest BCUT2D eigenvalue weighted by atomic mass is 10.1. The lowest BCUT2D eigenvalue weighted by molar-refractivity contribution is 0.897. The van der Waals surface area contributed by atoms with Gasteiger partial charge in [0.05, 0.1) is 0 Å². The number of nitrogens with one attached hydrogen (secondary N) is 2. The van der Waals surface area contributed by atoms with Crippen molar-refractivity contribution in [1.29, 1.82) is 0 Å². The SMILES string of the molecule is CNc1cc(Cl)c(C)c(NC(C)C)c1. The van der Waals surface area contributed by atoms with Crippen molar-refractivity contribution in [1.82, 2.24) is 0 Å². The summed E-state index contributed by atoms with van der Waals surface area (Å²) in [6, 6.07) is 4.42. The normalized spacial score (nSPS) is 10.4. The Kier molecular flexibility index (Phi) is 3.64. The van der Waals surface area contributed by atoms with E-state index in [0.717, 1.165) is 22.0 Å². The highest BCUT2D eigenvalue weighted by atomic mass is 35.5. The van der Waals surface area contributed by atoms with E-state index < -0.39 is 0 Å². The smallest absolute Gasteiger partial charge is 0.0476 e. The molecular weight excluding hydrogens is 196 g/mol. The van der Waals surface area contributed by atoms with Crippen LogP contribution in [-0.2, 0) is 0 Å². The number of hydrogen-bond acceptors (Lipinski definition) is 2. The molecule has 1 aromatic carbocycles. The summed E-state index contributed by atoms with van der Waals surface area (Å²) in [5, 5.41) is 7.24. The minimum Gasteiger partial charge on any atom is -0.388 e. The Labute approximate surface area is 90.7 Å². The monoisotopic (exact) mass is 212 g/mol. The molecule has 1 aromatic rings. The van der Waals surface area contributed by atoms with Crippen LogP contribution in [0.1, 0.15) is 19.4 Å². The molecule has 2 nitrogen and oxygen atoms in total.